The molecule has 0 aromatic carbocycles. The largest absolute Gasteiger partial charge is 1.00 e. The van der Waals surface area contributed by atoms with Crippen LogP contribution in [-0.4, -0.2) is 63.3 Å². The quantitative estimate of drug-likeness (QED) is 0.211. The first-order valence-corrected chi connectivity index (χ1v) is 12.9. The summed E-state index contributed by atoms with van der Waals surface area (Å²) in [4.78, 5) is 0. The molecule has 0 spiro atoms. The average Bonchev–Trinajstić information content (AvgIpc) is 2.64. The predicted molar refractivity (Wildman–Crippen MR) is 131 cm³/mol. The summed E-state index contributed by atoms with van der Waals surface area (Å²) in [5, 5.41) is 0. The second-order valence-electron chi connectivity index (χ2n) is 10.3. The highest BCUT2D eigenvalue weighted by Gasteiger charge is 2.19. The standard InChI is InChI=1S/C22H48N.C4H12N.2ClH/c1-5-9-10-11-12-13-14-15-16-17-18-19-20-21-22-23(6-2,7-3)8-4;1-5(2,3)4;;/h5-22H2,1-4H3;1-4H3;2*1H/q2*+1;;/p-2. The first-order valence-electron chi connectivity index (χ1n) is 12.9. The summed E-state index contributed by atoms with van der Waals surface area (Å²) in [5.74, 6) is 0. The van der Waals surface area contributed by atoms with Gasteiger partial charge in [-0.1, -0.05) is 84.0 Å². The van der Waals surface area contributed by atoms with Crippen molar-refractivity contribution in [3.05, 3.63) is 0 Å². The van der Waals surface area contributed by atoms with E-state index in [1.165, 1.54) is 121 Å². The maximum atomic E-state index is 2.36. The van der Waals surface area contributed by atoms with Crippen LogP contribution in [-0.2, 0) is 0 Å². The molecule has 4 heteroatoms. The number of hydrogen-bond acceptors (Lipinski definition) is 0. The molecule has 0 aromatic rings. The molecule has 0 radical (unpaired) electrons. The van der Waals surface area contributed by atoms with E-state index >= 15 is 0 Å². The van der Waals surface area contributed by atoms with Gasteiger partial charge in [0.15, 0.2) is 0 Å². The fourth-order valence-corrected chi connectivity index (χ4v) is 3.79. The van der Waals surface area contributed by atoms with E-state index in [2.05, 4.69) is 55.9 Å². The topological polar surface area (TPSA) is 0 Å². The Morgan fingerprint density at radius 1 is 0.400 bits per heavy atom. The van der Waals surface area contributed by atoms with Crippen LogP contribution in [0.4, 0.5) is 0 Å². The molecule has 0 atom stereocenters. The van der Waals surface area contributed by atoms with E-state index in [-0.39, 0.29) is 24.8 Å². The SMILES string of the molecule is CCCCCCCCCCCCCCCC[N+](CC)(CC)CC.C[N+](C)(C)C.[Cl-].[Cl-]. The molecule has 0 heterocycles. The second kappa shape index (κ2) is 25.8. The monoisotopic (exact) mass is 470 g/mol. The fourth-order valence-electron chi connectivity index (χ4n) is 3.79. The van der Waals surface area contributed by atoms with E-state index in [0.29, 0.717) is 0 Å². The van der Waals surface area contributed by atoms with Crippen molar-refractivity contribution in [3.8, 4) is 0 Å². The number of hydrogen-bond donors (Lipinski definition) is 0. The Balaban J connectivity index is -0.000000429. The van der Waals surface area contributed by atoms with Crippen LogP contribution >= 0.6 is 0 Å². The Hall–Kier alpha value is 0.500. The molecule has 0 aliphatic heterocycles. The lowest BCUT2D eigenvalue weighted by Gasteiger charge is -2.35. The van der Waals surface area contributed by atoms with Crippen molar-refractivity contribution >= 4 is 0 Å². The molecule has 0 bridgehead atoms. The van der Waals surface area contributed by atoms with Gasteiger partial charge in [0.2, 0.25) is 0 Å². The van der Waals surface area contributed by atoms with Gasteiger partial charge >= 0.3 is 0 Å². The molecule has 0 fully saturated rings. The zero-order chi connectivity index (χ0) is 21.7. The number of rotatable bonds is 18. The maximum absolute atomic E-state index is 2.36. The Bertz CT molecular complexity index is 286. The summed E-state index contributed by atoms with van der Waals surface area (Å²) in [6.07, 6.45) is 20.5. The Morgan fingerprint density at radius 3 is 0.867 bits per heavy atom. The van der Waals surface area contributed by atoms with Gasteiger partial charge in [-0.3, -0.25) is 0 Å². The van der Waals surface area contributed by atoms with Crippen molar-refractivity contribution in [2.24, 2.45) is 0 Å². The molecule has 0 rings (SSSR count). The van der Waals surface area contributed by atoms with E-state index in [9.17, 15) is 0 Å². The zero-order valence-corrected chi connectivity index (χ0v) is 23.9. The molecular formula is C26H60Cl2N2. The molecule has 0 amide bonds. The summed E-state index contributed by atoms with van der Waals surface area (Å²) >= 11 is 0. The number of halogens is 2. The summed E-state index contributed by atoms with van der Waals surface area (Å²) in [6.45, 7) is 14.7. The van der Waals surface area contributed by atoms with Crippen molar-refractivity contribution in [3.63, 3.8) is 0 Å². The van der Waals surface area contributed by atoms with E-state index in [0.717, 1.165) is 4.48 Å². The van der Waals surface area contributed by atoms with Crippen molar-refractivity contribution in [1.82, 2.24) is 0 Å². The lowest BCUT2D eigenvalue weighted by atomic mass is 10.0. The third kappa shape index (κ3) is 30.7. The van der Waals surface area contributed by atoms with Crippen LogP contribution in [0.2, 0.25) is 0 Å². The lowest BCUT2D eigenvalue weighted by Crippen LogP contribution is -3.00. The van der Waals surface area contributed by atoms with Gasteiger partial charge in [-0.05, 0) is 33.6 Å². The maximum Gasteiger partial charge on any atom is 0.0786 e. The van der Waals surface area contributed by atoms with Crippen molar-refractivity contribution < 1.29 is 33.8 Å². The summed E-state index contributed by atoms with van der Waals surface area (Å²) in [5.41, 5.74) is 0. The Kier molecular flexibility index (Phi) is 32.5. The second-order valence-corrected chi connectivity index (χ2v) is 10.3. The average molecular weight is 472 g/mol. The fraction of sp³-hybridized carbons (Fsp3) is 1.00. The lowest BCUT2D eigenvalue weighted by molar-refractivity contribution is -0.923. The number of unbranched alkanes of at least 4 members (excludes halogenated alkanes) is 13. The van der Waals surface area contributed by atoms with Crippen LogP contribution in [0.5, 0.6) is 0 Å². The normalized spacial score (nSPS) is 11.2. The highest BCUT2D eigenvalue weighted by molar-refractivity contribution is 4.50. The van der Waals surface area contributed by atoms with Crippen LogP contribution in [0.25, 0.3) is 0 Å². The van der Waals surface area contributed by atoms with Gasteiger partial charge in [0.05, 0.1) is 54.4 Å². The Morgan fingerprint density at radius 2 is 0.633 bits per heavy atom. The van der Waals surface area contributed by atoms with Gasteiger partial charge in [0.1, 0.15) is 0 Å². The Labute approximate surface area is 205 Å². The zero-order valence-electron chi connectivity index (χ0n) is 22.4. The van der Waals surface area contributed by atoms with E-state index in [1.54, 1.807) is 0 Å². The van der Waals surface area contributed by atoms with Gasteiger partial charge in [0.25, 0.3) is 0 Å². The van der Waals surface area contributed by atoms with Gasteiger partial charge in [-0.2, -0.15) is 0 Å². The third-order valence-electron chi connectivity index (χ3n) is 6.00. The molecule has 188 valence electrons. The molecule has 30 heavy (non-hydrogen) atoms. The molecule has 0 aromatic heterocycles. The highest BCUT2D eigenvalue weighted by atomic mass is 35.5. The van der Waals surface area contributed by atoms with E-state index in [1.807, 2.05) is 0 Å². The van der Waals surface area contributed by atoms with Crippen LogP contribution in [0.15, 0.2) is 0 Å². The number of nitrogens with zero attached hydrogens (tertiary/aromatic N) is 2. The van der Waals surface area contributed by atoms with Crippen molar-refractivity contribution in [1.29, 1.82) is 0 Å². The first kappa shape index (κ1) is 37.8. The van der Waals surface area contributed by atoms with Crippen LogP contribution in [0, 0.1) is 0 Å². The predicted octanol–water partition coefficient (Wildman–Crippen LogP) is 1.67. The minimum atomic E-state index is 0. The number of quaternary nitrogens is 2. The summed E-state index contributed by atoms with van der Waals surface area (Å²) in [6, 6.07) is 0. The van der Waals surface area contributed by atoms with Crippen LogP contribution < -0.4 is 24.8 Å². The van der Waals surface area contributed by atoms with Gasteiger partial charge in [0, 0.05) is 0 Å². The molecule has 2 nitrogen and oxygen atoms in total. The van der Waals surface area contributed by atoms with Gasteiger partial charge in [-0.25, -0.2) is 0 Å². The molecule has 0 aliphatic carbocycles. The van der Waals surface area contributed by atoms with E-state index in [4.69, 9.17) is 0 Å². The molecule has 0 saturated heterocycles. The minimum Gasteiger partial charge on any atom is -1.00 e. The van der Waals surface area contributed by atoms with Gasteiger partial charge in [-0.15, -0.1) is 0 Å². The summed E-state index contributed by atoms with van der Waals surface area (Å²) < 4.78 is 2.33. The highest BCUT2D eigenvalue weighted by Crippen LogP contribution is 2.14. The van der Waals surface area contributed by atoms with Crippen molar-refractivity contribution in [2.45, 2.75) is 118 Å². The van der Waals surface area contributed by atoms with Crippen LogP contribution in [0.1, 0.15) is 118 Å². The van der Waals surface area contributed by atoms with Crippen LogP contribution in [0.3, 0.4) is 0 Å². The third-order valence-corrected chi connectivity index (χ3v) is 6.00. The first-order chi connectivity index (χ1) is 13.2. The van der Waals surface area contributed by atoms with E-state index < -0.39 is 0 Å². The van der Waals surface area contributed by atoms with Crippen molar-refractivity contribution in [2.75, 3.05) is 54.4 Å². The molecule has 0 aliphatic rings. The van der Waals surface area contributed by atoms with Gasteiger partial charge < -0.3 is 33.8 Å². The summed E-state index contributed by atoms with van der Waals surface area (Å²) in [7, 11) is 8.50. The molecule has 0 N–H and O–H groups in total. The molecule has 0 unspecified atom stereocenters. The molecular weight excluding hydrogens is 411 g/mol. The minimum absolute atomic E-state index is 0. The molecule has 0 saturated carbocycles. The smallest absolute Gasteiger partial charge is 0.0786 e.